The maximum absolute atomic E-state index is 14.3. The highest BCUT2D eigenvalue weighted by atomic mass is 16.6. The summed E-state index contributed by atoms with van der Waals surface area (Å²) < 4.78 is 73.9. The van der Waals surface area contributed by atoms with Gasteiger partial charge in [0.25, 0.3) is 11.8 Å². The Morgan fingerprint density at radius 2 is 1.14 bits per heavy atom. The third kappa shape index (κ3) is 27.2. The van der Waals surface area contributed by atoms with Gasteiger partial charge in [-0.3, -0.25) is 48.2 Å². The van der Waals surface area contributed by atoms with Gasteiger partial charge in [-0.1, -0.05) is 79.7 Å². The number of rotatable bonds is 50. The van der Waals surface area contributed by atoms with Gasteiger partial charge in [0.2, 0.25) is 35.4 Å². The number of hydrogen-bond donors (Lipinski definition) is 5. The lowest BCUT2D eigenvalue weighted by Crippen LogP contribution is -2.53. The number of unbranched alkanes of at least 4 members (excludes halogenated alkanes) is 2. The summed E-state index contributed by atoms with van der Waals surface area (Å²) in [5, 5.41) is 22.9. The Morgan fingerprint density at radius 1 is 0.578 bits per heavy atom. The molecule has 3 aromatic carbocycles. The molecule has 5 heterocycles. The number of aliphatic hydroxyl groups is 1. The van der Waals surface area contributed by atoms with Crippen LogP contribution in [0.15, 0.2) is 125 Å². The zero-order chi connectivity index (χ0) is 82.7. The van der Waals surface area contributed by atoms with Crippen LogP contribution in [0.1, 0.15) is 119 Å². The average Bonchev–Trinajstić information content (AvgIpc) is 1.59. The quantitative estimate of drug-likeness (QED) is 0.0266. The molecule has 2 unspecified atom stereocenters. The van der Waals surface area contributed by atoms with Crippen molar-refractivity contribution in [3.8, 4) is 23.0 Å². The van der Waals surface area contributed by atoms with Gasteiger partial charge in [0.05, 0.1) is 174 Å². The van der Waals surface area contributed by atoms with Crippen LogP contribution in [0, 0.1) is 11.8 Å². The number of amides is 9. The molecule has 116 heavy (non-hydrogen) atoms. The second-order valence-electron chi connectivity index (χ2n) is 28.6. The Bertz CT molecular complexity index is 4060. The summed E-state index contributed by atoms with van der Waals surface area (Å²) in [7, 11) is 2.96. The summed E-state index contributed by atoms with van der Waals surface area (Å²) >= 11 is 0. The summed E-state index contributed by atoms with van der Waals surface area (Å²) in [6, 6.07) is 9.93. The monoisotopic (exact) mass is 1610 g/mol. The smallest absolute Gasteiger partial charge is 0.416 e. The van der Waals surface area contributed by atoms with Crippen LogP contribution in [-0.4, -0.2) is 256 Å². The van der Waals surface area contributed by atoms with Crippen LogP contribution in [0.5, 0.6) is 23.0 Å². The second kappa shape index (κ2) is 47.2. The fourth-order valence-corrected chi connectivity index (χ4v) is 13.3. The zero-order valence-electron chi connectivity index (χ0n) is 67.3. The van der Waals surface area contributed by atoms with Crippen molar-refractivity contribution in [2.75, 3.05) is 156 Å². The van der Waals surface area contributed by atoms with Crippen molar-refractivity contribution >= 4 is 76.6 Å². The van der Waals surface area contributed by atoms with Crippen LogP contribution in [0.25, 0.3) is 0 Å². The number of ether oxygens (including phenoxy) is 13. The van der Waals surface area contributed by atoms with Gasteiger partial charge in [-0.25, -0.2) is 9.69 Å². The number of aliphatic hydroxyl groups excluding tert-OH is 1. The van der Waals surface area contributed by atoms with Gasteiger partial charge in [-0.05, 0) is 101 Å². The number of methoxy groups -OCH3 is 2. The highest BCUT2D eigenvalue weighted by Crippen LogP contribution is 2.43. The number of nitrogens with zero attached hydrogens (tertiary/aromatic N) is 5. The van der Waals surface area contributed by atoms with Gasteiger partial charge in [0.1, 0.15) is 18.7 Å². The number of allylic oxidation sites excluding steroid dienone is 8. The van der Waals surface area contributed by atoms with Crippen LogP contribution in [0.4, 0.5) is 21.9 Å². The lowest BCUT2D eigenvalue weighted by molar-refractivity contribution is -0.139. The number of carbonyl (C=O) groups is 9. The molecule has 6 atom stereocenters. The molecule has 6 aliphatic rings. The molecule has 9 amide bonds. The molecule has 0 spiro atoms. The van der Waals surface area contributed by atoms with Gasteiger partial charge in [0.15, 0.2) is 29.2 Å². The first-order chi connectivity index (χ1) is 56.2. The molecule has 0 aromatic heterocycles. The standard InChI is InChI=1S/C84H111N9O23/c1-56(2)77(89-75(95)23-28-106-30-32-108-34-36-110-38-40-112-42-43-113-41-39-111-37-35-109-33-31-107-29-24-85-74(94)22-25-90-76(96)47-62(80(90)99)46-60-16-12-9-8-10-13-17-60)79(98)87-59(5)78(97)88-63-20-18-61(19-21-63)55-116-84(103)93-68-51-73(71(105-7)49-66(68)82(101)92-54-58(4)45-69(92)83(93)102)115-27-15-11-14-26-114-72-50-67-65(48-70(72)104-6)81(100)91-53-57(3)44-64(91)52-86-67/h8-10,12-13,16-21,48-54,56,59,62,64,69,77,83,102H,11,14-15,22-47,55H2,1-7H3,(H,85,94)(H,87,98)(H,88,97)(H,89,95)/b9-8-,10-8?,12-9?,13-10-,16-12-,17-13?,60-16?,60-17+/t59?,62?,64-,69-,77-,83-/m0/s1. The van der Waals surface area contributed by atoms with Crippen molar-refractivity contribution in [1.29, 1.82) is 0 Å². The number of anilines is 2. The van der Waals surface area contributed by atoms with Crippen molar-refractivity contribution in [2.24, 2.45) is 16.8 Å². The molecule has 5 aliphatic heterocycles. The fourth-order valence-electron chi connectivity index (χ4n) is 13.3. The minimum Gasteiger partial charge on any atom is -0.493 e. The Labute approximate surface area is 676 Å². The van der Waals surface area contributed by atoms with E-state index in [2.05, 4.69) is 26.3 Å². The predicted molar refractivity (Wildman–Crippen MR) is 428 cm³/mol. The third-order valence-corrected chi connectivity index (χ3v) is 19.4. The summed E-state index contributed by atoms with van der Waals surface area (Å²) in [4.78, 5) is 130. The normalized spacial score (nSPS) is 19.2. The summed E-state index contributed by atoms with van der Waals surface area (Å²) in [6.45, 7) is 14.9. The van der Waals surface area contributed by atoms with Crippen LogP contribution < -0.4 is 45.1 Å². The molecule has 0 radical (unpaired) electrons. The lowest BCUT2D eigenvalue weighted by Gasteiger charge is -2.31. The molecular formula is C84H111N9O23. The Hall–Kier alpha value is -10.2. The largest absolute Gasteiger partial charge is 0.493 e. The van der Waals surface area contributed by atoms with E-state index in [9.17, 15) is 48.3 Å². The zero-order valence-corrected chi connectivity index (χ0v) is 67.3. The first kappa shape index (κ1) is 89.8. The van der Waals surface area contributed by atoms with E-state index in [0.29, 0.717) is 159 Å². The molecular weight excluding hydrogens is 1500 g/mol. The molecule has 1 aliphatic carbocycles. The lowest BCUT2D eigenvalue weighted by atomic mass is 9.96. The van der Waals surface area contributed by atoms with Gasteiger partial charge < -0.3 is 97.8 Å². The number of carbonyl (C=O) groups excluding carboxylic acids is 9. The third-order valence-electron chi connectivity index (χ3n) is 19.4. The summed E-state index contributed by atoms with van der Waals surface area (Å²) in [6.07, 6.45) is 19.8. The molecule has 0 bridgehead atoms. The Morgan fingerprint density at radius 3 is 1.76 bits per heavy atom. The minimum absolute atomic E-state index is 0.0164. The van der Waals surface area contributed by atoms with Crippen molar-refractivity contribution < 1.29 is 110 Å². The van der Waals surface area contributed by atoms with Gasteiger partial charge >= 0.3 is 6.09 Å². The number of hydrogen-bond acceptors (Lipinski definition) is 24. The van der Waals surface area contributed by atoms with E-state index in [0.717, 1.165) is 28.0 Å². The van der Waals surface area contributed by atoms with Crippen LogP contribution in [0.3, 0.4) is 0 Å². The SMILES string of the molecule is COc1cc2c(cc1OCCCCCOc1cc3c(cc1OC)C(=O)N1C=C(C)C[C@H]1[C@H](O)N3C(=O)OCc1ccc(NC(=O)C(C)NC(=O)[C@@H](NC(=O)CCOCCOCCOCCOCCOCCOCCOCCOCCNC(=O)CCN3C(=O)CC(CC4=C/C=C\C=C/C=C\4)C3=O)C(C)C)cc1)N=C[C@@H]1CC(C)=CN1C2=O. The van der Waals surface area contributed by atoms with Gasteiger partial charge in [0, 0.05) is 68.8 Å². The number of nitrogens with one attached hydrogen (secondary N) is 4. The molecule has 32 heteroatoms. The maximum atomic E-state index is 14.3. The van der Waals surface area contributed by atoms with E-state index in [1.807, 2.05) is 62.6 Å². The summed E-state index contributed by atoms with van der Waals surface area (Å²) in [5.74, 6) is -2.26. The van der Waals surface area contributed by atoms with Crippen molar-refractivity contribution in [3.05, 3.63) is 137 Å². The summed E-state index contributed by atoms with van der Waals surface area (Å²) in [5.41, 5.74) is 4.88. The average molecular weight is 1610 g/mol. The topological polar surface area (TPSA) is 367 Å². The molecule has 32 nitrogen and oxygen atoms in total. The molecule has 1 fully saturated rings. The van der Waals surface area contributed by atoms with E-state index in [1.165, 1.54) is 43.1 Å². The van der Waals surface area contributed by atoms with Crippen LogP contribution in [-0.2, 0) is 78.0 Å². The van der Waals surface area contributed by atoms with Gasteiger partial charge in [-0.15, -0.1) is 0 Å². The fraction of sp³-hybridized carbons (Fsp3) is 0.524. The van der Waals surface area contributed by atoms with E-state index in [1.54, 1.807) is 67.6 Å². The second-order valence-corrected chi connectivity index (χ2v) is 28.6. The number of benzene rings is 3. The maximum Gasteiger partial charge on any atom is 0.416 e. The molecule has 5 N–H and O–H groups in total. The molecule has 9 rings (SSSR count). The molecule has 1 saturated heterocycles. The van der Waals surface area contributed by atoms with Gasteiger partial charge in [-0.2, -0.15) is 0 Å². The van der Waals surface area contributed by atoms with Crippen molar-refractivity contribution in [2.45, 2.75) is 129 Å². The highest BCUT2D eigenvalue weighted by molar-refractivity contribution is 6.07. The number of aliphatic imine (C=N–C) groups is 1. The van der Waals surface area contributed by atoms with Crippen molar-refractivity contribution in [1.82, 2.24) is 30.7 Å². The van der Waals surface area contributed by atoms with E-state index in [4.69, 9.17) is 61.6 Å². The van der Waals surface area contributed by atoms with Crippen LogP contribution in [0.2, 0.25) is 0 Å². The molecule has 0 saturated carbocycles. The Balaban J connectivity index is 0.568. The van der Waals surface area contributed by atoms with Crippen LogP contribution >= 0.6 is 0 Å². The van der Waals surface area contributed by atoms with E-state index >= 15 is 0 Å². The Kier molecular flexibility index (Phi) is 36.5. The number of likely N-dealkylation sites (tertiary alicyclic amines) is 1. The number of imide groups is 1. The van der Waals surface area contributed by atoms with E-state index in [-0.39, 0.29) is 124 Å². The molecule has 3 aromatic rings. The first-order valence-electron chi connectivity index (χ1n) is 39.5. The molecule has 630 valence electrons. The minimum atomic E-state index is -1.53. The highest BCUT2D eigenvalue weighted by Gasteiger charge is 2.46. The van der Waals surface area contributed by atoms with E-state index < -0.39 is 60.0 Å². The predicted octanol–water partition coefficient (Wildman–Crippen LogP) is 7.75. The van der Waals surface area contributed by atoms with Crippen molar-refractivity contribution in [3.63, 3.8) is 0 Å². The number of fused-ring (bicyclic) bond motifs is 4. The first-order valence-corrected chi connectivity index (χ1v) is 39.5.